The van der Waals surface area contributed by atoms with Crippen molar-refractivity contribution in [3.8, 4) is 5.75 Å². The molecule has 0 aliphatic rings. The number of hydrogen-bond acceptors (Lipinski definition) is 3. The molecule has 3 nitrogen and oxygen atoms in total. The Morgan fingerprint density at radius 2 is 1.90 bits per heavy atom. The maximum atomic E-state index is 12.5. The van der Waals surface area contributed by atoms with E-state index in [-0.39, 0.29) is 5.78 Å². The zero-order chi connectivity index (χ0) is 15.3. The number of aryl methyl sites for hydroxylation is 1. The van der Waals surface area contributed by atoms with Gasteiger partial charge in [0.2, 0.25) is 0 Å². The van der Waals surface area contributed by atoms with E-state index < -0.39 is 0 Å². The van der Waals surface area contributed by atoms with E-state index in [1.807, 2.05) is 25.1 Å². The first-order valence-corrected chi connectivity index (χ1v) is 7.27. The molecule has 3 heteroatoms. The lowest BCUT2D eigenvalue weighted by Gasteiger charge is -2.27. The summed E-state index contributed by atoms with van der Waals surface area (Å²) in [6.45, 7) is 12.0. The maximum Gasteiger partial charge on any atom is 0.180 e. The van der Waals surface area contributed by atoms with E-state index >= 15 is 0 Å². The molecule has 20 heavy (non-hydrogen) atoms. The Kier molecular flexibility index (Phi) is 6.21. The smallest absolute Gasteiger partial charge is 0.180 e. The number of ether oxygens (including phenoxy) is 1. The molecule has 0 saturated carbocycles. The molecule has 1 rings (SSSR count). The molecule has 1 aromatic carbocycles. The van der Waals surface area contributed by atoms with Crippen molar-refractivity contribution in [2.45, 2.75) is 40.7 Å². The first-order chi connectivity index (χ1) is 9.35. The number of carbonyl (C=O) groups is 1. The average Bonchev–Trinajstić information content (AvgIpc) is 2.36. The van der Waals surface area contributed by atoms with Crippen molar-refractivity contribution in [2.24, 2.45) is 5.92 Å². The minimum absolute atomic E-state index is 0.121. The molecule has 0 N–H and O–H groups in total. The second-order valence-corrected chi connectivity index (χ2v) is 6.04. The van der Waals surface area contributed by atoms with Crippen molar-refractivity contribution >= 4 is 5.78 Å². The molecule has 0 radical (unpaired) electrons. The average molecular weight is 277 g/mol. The molecule has 0 unspecified atom stereocenters. The molecule has 0 aliphatic carbocycles. The van der Waals surface area contributed by atoms with Crippen LogP contribution in [0.3, 0.4) is 0 Å². The Labute approximate surface area is 122 Å². The van der Waals surface area contributed by atoms with Gasteiger partial charge in [0.15, 0.2) is 5.78 Å². The monoisotopic (exact) mass is 277 g/mol. The van der Waals surface area contributed by atoms with Crippen LogP contribution in [0.2, 0.25) is 0 Å². The number of rotatable bonds is 7. The molecule has 0 saturated heterocycles. The summed E-state index contributed by atoms with van der Waals surface area (Å²) in [6, 6.07) is 6.09. The van der Waals surface area contributed by atoms with Crippen LogP contribution < -0.4 is 4.74 Å². The van der Waals surface area contributed by atoms with Gasteiger partial charge in [0, 0.05) is 12.6 Å². The molecule has 0 heterocycles. The highest BCUT2D eigenvalue weighted by Crippen LogP contribution is 2.21. The van der Waals surface area contributed by atoms with Crippen LogP contribution in [0.4, 0.5) is 0 Å². The highest BCUT2D eigenvalue weighted by Gasteiger charge is 2.19. The third-order valence-corrected chi connectivity index (χ3v) is 3.33. The lowest BCUT2D eigenvalue weighted by atomic mass is 10.1. The molecule has 0 amide bonds. The van der Waals surface area contributed by atoms with E-state index in [1.54, 1.807) is 7.11 Å². The number of benzene rings is 1. The molecular weight excluding hydrogens is 250 g/mol. The molecule has 0 atom stereocenters. The lowest BCUT2D eigenvalue weighted by Crippen LogP contribution is -2.38. The van der Waals surface area contributed by atoms with E-state index in [4.69, 9.17) is 4.74 Å². The molecule has 0 aromatic heterocycles. The zero-order valence-corrected chi connectivity index (χ0v) is 13.6. The van der Waals surface area contributed by atoms with Crippen LogP contribution in [0.15, 0.2) is 18.2 Å². The summed E-state index contributed by atoms with van der Waals surface area (Å²) in [6.07, 6.45) is 0. The normalized spacial score (nSPS) is 11.4. The second kappa shape index (κ2) is 7.44. The molecule has 0 spiro atoms. The van der Waals surface area contributed by atoms with Crippen molar-refractivity contribution in [3.63, 3.8) is 0 Å². The molecule has 0 bridgehead atoms. The van der Waals surface area contributed by atoms with E-state index in [2.05, 4.69) is 32.6 Å². The number of Topliss-reactive ketones (excluding diaryl/α,β-unsaturated/α-hetero) is 1. The summed E-state index contributed by atoms with van der Waals surface area (Å²) >= 11 is 0. The van der Waals surface area contributed by atoms with Gasteiger partial charge >= 0.3 is 0 Å². The molecular formula is C17H27NO2. The second-order valence-electron chi connectivity index (χ2n) is 6.04. The van der Waals surface area contributed by atoms with Crippen molar-refractivity contribution in [1.29, 1.82) is 0 Å². The summed E-state index contributed by atoms with van der Waals surface area (Å²) in [5, 5.41) is 0. The molecule has 1 aromatic rings. The number of hydrogen-bond donors (Lipinski definition) is 0. The lowest BCUT2D eigenvalue weighted by molar-refractivity contribution is 0.0890. The predicted molar refractivity (Wildman–Crippen MR) is 83.6 cm³/mol. The van der Waals surface area contributed by atoms with Gasteiger partial charge in [-0.1, -0.05) is 19.9 Å². The summed E-state index contributed by atoms with van der Waals surface area (Å²) < 4.78 is 5.33. The van der Waals surface area contributed by atoms with Gasteiger partial charge in [-0.25, -0.2) is 0 Å². The van der Waals surface area contributed by atoms with Gasteiger partial charge in [0.05, 0.1) is 19.2 Å². The van der Waals surface area contributed by atoms with Crippen molar-refractivity contribution in [1.82, 2.24) is 4.90 Å². The van der Waals surface area contributed by atoms with E-state index in [0.29, 0.717) is 29.8 Å². The Bertz CT molecular complexity index is 452. The van der Waals surface area contributed by atoms with Crippen LogP contribution >= 0.6 is 0 Å². The van der Waals surface area contributed by atoms with Gasteiger partial charge in [-0.05, 0) is 44.4 Å². The van der Waals surface area contributed by atoms with E-state index in [0.717, 1.165) is 12.1 Å². The van der Waals surface area contributed by atoms with Crippen LogP contribution in [0.1, 0.15) is 43.6 Å². The van der Waals surface area contributed by atoms with Crippen LogP contribution in [0.5, 0.6) is 5.75 Å². The quantitative estimate of drug-likeness (QED) is 0.714. The van der Waals surface area contributed by atoms with Gasteiger partial charge < -0.3 is 4.74 Å². The van der Waals surface area contributed by atoms with E-state index in [1.165, 1.54) is 0 Å². The number of carbonyl (C=O) groups excluding carboxylic acids is 1. The highest BCUT2D eigenvalue weighted by atomic mass is 16.5. The molecule has 0 fully saturated rings. The third-order valence-electron chi connectivity index (χ3n) is 3.33. The summed E-state index contributed by atoms with van der Waals surface area (Å²) in [5.41, 5.74) is 1.77. The zero-order valence-electron chi connectivity index (χ0n) is 13.6. The summed E-state index contributed by atoms with van der Waals surface area (Å²) in [7, 11) is 1.61. The predicted octanol–water partition coefficient (Wildman–Crippen LogP) is 3.55. The Morgan fingerprint density at radius 1 is 1.25 bits per heavy atom. The van der Waals surface area contributed by atoms with Crippen LogP contribution in [0, 0.1) is 12.8 Å². The van der Waals surface area contributed by atoms with Gasteiger partial charge in [0.25, 0.3) is 0 Å². The fraction of sp³-hybridized carbons (Fsp3) is 0.588. The largest absolute Gasteiger partial charge is 0.496 e. The summed E-state index contributed by atoms with van der Waals surface area (Å²) in [4.78, 5) is 14.7. The number of nitrogens with zero attached hydrogens (tertiary/aromatic N) is 1. The fourth-order valence-corrected chi connectivity index (χ4v) is 2.23. The topological polar surface area (TPSA) is 29.5 Å². The highest BCUT2D eigenvalue weighted by molar-refractivity contribution is 6.00. The van der Waals surface area contributed by atoms with Crippen LogP contribution in [-0.2, 0) is 0 Å². The maximum absolute atomic E-state index is 12.5. The Hall–Kier alpha value is -1.35. The Morgan fingerprint density at radius 3 is 2.40 bits per heavy atom. The first-order valence-electron chi connectivity index (χ1n) is 7.27. The van der Waals surface area contributed by atoms with Gasteiger partial charge in [-0.3, -0.25) is 9.69 Å². The molecule has 112 valence electrons. The van der Waals surface area contributed by atoms with Gasteiger partial charge in [-0.2, -0.15) is 0 Å². The van der Waals surface area contributed by atoms with Crippen LogP contribution in [-0.4, -0.2) is 36.9 Å². The fourth-order valence-electron chi connectivity index (χ4n) is 2.23. The SMILES string of the molecule is COc1cc(C)ccc1C(=O)CN(CC(C)C)C(C)C. The van der Waals surface area contributed by atoms with Crippen molar-refractivity contribution < 1.29 is 9.53 Å². The van der Waals surface area contributed by atoms with Crippen molar-refractivity contribution in [3.05, 3.63) is 29.3 Å². The van der Waals surface area contributed by atoms with Gasteiger partial charge in [-0.15, -0.1) is 0 Å². The first kappa shape index (κ1) is 16.7. The van der Waals surface area contributed by atoms with E-state index in [9.17, 15) is 4.79 Å². The standard InChI is InChI=1S/C17H27NO2/c1-12(2)10-18(13(3)4)11-16(19)15-8-7-14(5)9-17(15)20-6/h7-9,12-13H,10-11H2,1-6H3. The minimum atomic E-state index is 0.121. The third kappa shape index (κ3) is 4.64. The molecule has 0 aliphatic heterocycles. The van der Waals surface area contributed by atoms with Gasteiger partial charge in [0.1, 0.15) is 5.75 Å². The summed E-state index contributed by atoms with van der Waals surface area (Å²) in [5.74, 6) is 1.34. The Balaban J connectivity index is 2.89. The minimum Gasteiger partial charge on any atom is -0.496 e. The number of ketones is 1. The van der Waals surface area contributed by atoms with Crippen LogP contribution in [0.25, 0.3) is 0 Å². The number of methoxy groups -OCH3 is 1. The van der Waals surface area contributed by atoms with Crippen molar-refractivity contribution in [2.75, 3.05) is 20.2 Å².